The number of nitrogens with zero attached hydrogens (tertiary/aromatic N) is 2. The van der Waals surface area contributed by atoms with Gasteiger partial charge in [-0.05, 0) is 38.1 Å². The van der Waals surface area contributed by atoms with E-state index >= 15 is 0 Å². The summed E-state index contributed by atoms with van der Waals surface area (Å²) in [4.78, 5) is 12.1. The molecule has 1 heterocycles. The van der Waals surface area contributed by atoms with Crippen molar-refractivity contribution in [3.05, 3.63) is 82.1 Å². The smallest absolute Gasteiger partial charge is 0.338 e. The number of halogens is 1. The number of rotatable bonds is 4. The van der Waals surface area contributed by atoms with Crippen LogP contribution in [0.2, 0.25) is 5.15 Å². The Balaban J connectivity index is 1.77. The molecule has 0 saturated carbocycles. The number of benzene rings is 2. The second-order valence-corrected chi connectivity index (χ2v) is 5.90. The van der Waals surface area contributed by atoms with Crippen LogP contribution in [0.25, 0.3) is 5.69 Å². The van der Waals surface area contributed by atoms with E-state index in [1.165, 1.54) is 0 Å². The van der Waals surface area contributed by atoms with Crippen molar-refractivity contribution in [2.45, 2.75) is 20.5 Å². The molecule has 3 rings (SSSR count). The van der Waals surface area contributed by atoms with Gasteiger partial charge in [-0.15, -0.1) is 0 Å². The van der Waals surface area contributed by atoms with E-state index in [0.717, 1.165) is 16.9 Å². The summed E-state index contributed by atoms with van der Waals surface area (Å²) < 4.78 is 7.03. The molecule has 1 aromatic heterocycles. The summed E-state index contributed by atoms with van der Waals surface area (Å²) in [6.45, 7) is 3.90. The van der Waals surface area contributed by atoms with Crippen LogP contribution in [0.1, 0.15) is 27.2 Å². The maximum absolute atomic E-state index is 12.1. The van der Waals surface area contributed by atoms with Gasteiger partial charge in [-0.3, -0.25) is 0 Å². The highest BCUT2D eigenvalue weighted by Crippen LogP contribution is 2.24. The number of carbonyl (C=O) groups is 1. The lowest BCUT2D eigenvalue weighted by Crippen LogP contribution is -2.05. The molecular formula is C19H17ClN2O2. The zero-order valence-corrected chi connectivity index (χ0v) is 14.2. The molecule has 2 aromatic carbocycles. The van der Waals surface area contributed by atoms with Crippen LogP contribution in [0.3, 0.4) is 0 Å². The van der Waals surface area contributed by atoms with Crippen LogP contribution in [-0.4, -0.2) is 15.7 Å². The first-order valence-electron chi connectivity index (χ1n) is 7.59. The van der Waals surface area contributed by atoms with Gasteiger partial charge in [0, 0.05) is 5.56 Å². The summed E-state index contributed by atoms with van der Waals surface area (Å²) in [5, 5.41) is 4.89. The Kier molecular flexibility index (Phi) is 4.67. The summed E-state index contributed by atoms with van der Waals surface area (Å²) in [7, 11) is 0. The van der Waals surface area contributed by atoms with Crippen LogP contribution in [0.4, 0.5) is 0 Å². The molecule has 0 atom stereocenters. The number of ether oxygens (including phenoxy) is 1. The minimum atomic E-state index is -0.377. The van der Waals surface area contributed by atoms with E-state index in [0.29, 0.717) is 16.3 Å². The molecule has 5 heteroatoms. The molecule has 0 amide bonds. The fourth-order valence-electron chi connectivity index (χ4n) is 2.35. The van der Waals surface area contributed by atoms with Crippen LogP contribution in [-0.2, 0) is 11.3 Å². The van der Waals surface area contributed by atoms with Crippen molar-refractivity contribution in [1.29, 1.82) is 0 Å². The number of esters is 1. The zero-order chi connectivity index (χ0) is 17.1. The maximum atomic E-state index is 12.1. The third-order valence-corrected chi connectivity index (χ3v) is 4.15. The van der Waals surface area contributed by atoms with Crippen molar-refractivity contribution in [3.63, 3.8) is 0 Å². The number of carbonyl (C=O) groups excluding carboxylic acids is 1. The second-order valence-electron chi connectivity index (χ2n) is 5.54. The van der Waals surface area contributed by atoms with Crippen molar-refractivity contribution in [2.75, 3.05) is 0 Å². The first kappa shape index (κ1) is 16.3. The average molecular weight is 341 g/mol. The molecule has 0 N–H and O–H groups in total. The monoisotopic (exact) mass is 340 g/mol. The van der Waals surface area contributed by atoms with Gasteiger partial charge in [-0.25, -0.2) is 9.48 Å². The number of hydrogen-bond donors (Lipinski definition) is 0. The topological polar surface area (TPSA) is 44.1 Å². The lowest BCUT2D eigenvalue weighted by molar-refractivity contribution is 0.0472. The Morgan fingerprint density at radius 1 is 1.08 bits per heavy atom. The third-order valence-electron chi connectivity index (χ3n) is 3.76. The molecule has 0 fully saturated rings. The molecule has 0 saturated heterocycles. The van der Waals surface area contributed by atoms with E-state index in [9.17, 15) is 4.79 Å². The quantitative estimate of drug-likeness (QED) is 0.657. The predicted molar refractivity (Wildman–Crippen MR) is 93.6 cm³/mol. The lowest BCUT2D eigenvalue weighted by Gasteiger charge is -2.06. The maximum Gasteiger partial charge on any atom is 0.338 e. The molecule has 4 nitrogen and oxygen atoms in total. The minimum absolute atomic E-state index is 0.0875. The number of para-hydroxylation sites is 1. The molecule has 0 radical (unpaired) electrons. The lowest BCUT2D eigenvalue weighted by atomic mass is 10.1. The third kappa shape index (κ3) is 3.34. The molecular weight excluding hydrogens is 324 g/mol. The van der Waals surface area contributed by atoms with Crippen LogP contribution >= 0.6 is 11.6 Å². The van der Waals surface area contributed by atoms with Gasteiger partial charge in [0.1, 0.15) is 11.8 Å². The summed E-state index contributed by atoms with van der Waals surface area (Å²) in [6.07, 6.45) is 0. The number of aryl methyl sites for hydroxylation is 2. The molecule has 0 spiro atoms. The molecule has 0 aliphatic carbocycles. The first-order valence-corrected chi connectivity index (χ1v) is 7.97. The van der Waals surface area contributed by atoms with E-state index in [-0.39, 0.29) is 12.6 Å². The van der Waals surface area contributed by atoms with Gasteiger partial charge in [0.2, 0.25) is 0 Å². The fourth-order valence-corrected chi connectivity index (χ4v) is 2.67. The molecule has 0 aliphatic rings. The van der Waals surface area contributed by atoms with Crippen molar-refractivity contribution >= 4 is 17.6 Å². The number of aromatic nitrogens is 2. The molecule has 0 bridgehead atoms. The van der Waals surface area contributed by atoms with Crippen molar-refractivity contribution < 1.29 is 9.53 Å². The van der Waals surface area contributed by atoms with Gasteiger partial charge in [0.25, 0.3) is 0 Å². The summed E-state index contributed by atoms with van der Waals surface area (Å²) in [5.41, 5.74) is 3.92. The summed E-state index contributed by atoms with van der Waals surface area (Å²) in [6, 6.07) is 16.8. The highest BCUT2D eigenvalue weighted by atomic mass is 35.5. The van der Waals surface area contributed by atoms with Gasteiger partial charge < -0.3 is 4.74 Å². The summed E-state index contributed by atoms with van der Waals surface area (Å²) >= 11 is 6.42. The van der Waals surface area contributed by atoms with E-state index in [2.05, 4.69) is 5.10 Å². The Labute approximate surface area is 145 Å². The standard InChI is InChI=1S/C19H17ClN2O2/c1-13-8-10-15(11-9-13)19(23)24-12-17-14(2)21-22(18(17)20)16-6-4-3-5-7-16/h3-11H,12H2,1-2H3. The van der Waals surface area contributed by atoms with E-state index in [4.69, 9.17) is 16.3 Å². The van der Waals surface area contributed by atoms with Gasteiger partial charge in [-0.2, -0.15) is 5.10 Å². The van der Waals surface area contributed by atoms with E-state index in [1.54, 1.807) is 16.8 Å². The molecule has 122 valence electrons. The van der Waals surface area contributed by atoms with Crippen LogP contribution in [0.5, 0.6) is 0 Å². The van der Waals surface area contributed by atoms with Crippen LogP contribution in [0.15, 0.2) is 54.6 Å². The molecule has 0 unspecified atom stereocenters. The Hall–Kier alpha value is -2.59. The van der Waals surface area contributed by atoms with Gasteiger partial charge in [-0.1, -0.05) is 47.5 Å². The van der Waals surface area contributed by atoms with Gasteiger partial charge >= 0.3 is 5.97 Å². The van der Waals surface area contributed by atoms with Crippen molar-refractivity contribution in [3.8, 4) is 5.69 Å². The van der Waals surface area contributed by atoms with Crippen LogP contribution in [0, 0.1) is 13.8 Å². The normalized spacial score (nSPS) is 10.6. The Morgan fingerprint density at radius 2 is 1.75 bits per heavy atom. The zero-order valence-electron chi connectivity index (χ0n) is 13.5. The second kappa shape index (κ2) is 6.89. The largest absolute Gasteiger partial charge is 0.457 e. The van der Waals surface area contributed by atoms with Crippen molar-refractivity contribution in [2.24, 2.45) is 0 Å². The summed E-state index contributed by atoms with van der Waals surface area (Å²) in [5.74, 6) is -0.377. The Bertz CT molecular complexity index is 855. The van der Waals surface area contributed by atoms with Gasteiger partial charge in [0.15, 0.2) is 0 Å². The fraction of sp³-hybridized carbons (Fsp3) is 0.158. The average Bonchev–Trinajstić information content (AvgIpc) is 2.88. The molecule has 3 aromatic rings. The van der Waals surface area contributed by atoms with Crippen LogP contribution < -0.4 is 0 Å². The highest BCUT2D eigenvalue weighted by molar-refractivity contribution is 6.30. The highest BCUT2D eigenvalue weighted by Gasteiger charge is 2.17. The predicted octanol–water partition coefficient (Wildman–Crippen LogP) is 4.50. The van der Waals surface area contributed by atoms with Gasteiger partial charge in [0.05, 0.1) is 16.9 Å². The first-order chi connectivity index (χ1) is 11.6. The van der Waals surface area contributed by atoms with Crippen molar-refractivity contribution in [1.82, 2.24) is 9.78 Å². The Morgan fingerprint density at radius 3 is 2.42 bits per heavy atom. The number of hydrogen-bond acceptors (Lipinski definition) is 3. The van der Waals surface area contributed by atoms with E-state index in [1.807, 2.05) is 56.3 Å². The van der Waals surface area contributed by atoms with E-state index < -0.39 is 0 Å². The molecule has 24 heavy (non-hydrogen) atoms. The SMILES string of the molecule is Cc1ccc(C(=O)OCc2c(C)nn(-c3ccccc3)c2Cl)cc1. The molecule has 0 aliphatic heterocycles. The minimum Gasteiger partial charge on any atom is -0.457 e.